The molecule has 0 saturated heterocycles. The minimum absolute atomic E-state index is 0.210. The second-order valence-corrected chi connectivity index (χ2v) is 7.27. The Morgan fingerprint density at radius 3 is 2.00 bits per heavy atom. The molecule has 1 aromatic rings. The molecule has 0 aromatic heterocycles. The van der Waals surface area contributed by atoms with E-state index >= 15 is 0 Å². The van der Waals surface area contributed by atoms with Gasteiger partial charge in [-0.3, -0.25) is 9.69 Å². The van der Waals surface area contributed by atoms with Crippen molar-refractivity contribution in [1.82, 2.24) is 4.90 Å². The predicted octanol–water partition coefficient (Wildman–Crippen LogP) is 4.31. The summed E-state index contributed by atoms with van der Waals surface area (Å²) in [5.41, 5.74) is -2.89. The lowest BCUT2D eigenvalue weighted by Gasteiger charge is -2.38. The Morgan fingerprint density at radius 1 is 1.00 bits per heavy atom. The fraction of sp³-hybridized carbons (Fsp3) is 0.556. The number of benzene rings is 1. The van der Waals surface area contributed by atoms with E-state index in [2.05, 4.69) is 0 Å². The van der Waals surface area contributed by atoms with Crippen LogP contribution in [0, 0.1) is 0 Å². The van der Waals surface area contributed by atoms with Crippen LogP contribution in [-0.2, 0) is 20.9 Å². The van der Waals surface area contributed by atoms with E-state index in [1.165, 1.54) is 0 Å². The first-order chi connectivity index (χ1) is 11.7. The number of carbonyl (C=O) groups is 2. The van der Waals surface area contributed by atoms with Crippen molar-refractivity contribution in [3.63, 3.8) is 0 Å². The van der Waals surface area contributed by atoms with E-state index in [-0.39, 0.29) is 6.61 Å². The Morgan fingerprint density at radius 2 is 1.54 bits per heavy atom. The summed E-state index contributed by atoms with van der Waals surface area (Å²) in [7, 11) is 0. The van der Waals surface area contributed by atoms with Crippen molar-refractivity contribution in [3.05, 3.63) is 35.9 Å². The molecule has 146 valence electrons. The van der Waals surface area contributed by atoms with E-state index in [0.29, 0.717) is 10.5 Å². The number of esters is 1. The van der Waals surface area contributed by atoms with Gasteiger partial charge in [0.25, 0.3) is 0 Å². The summed E-state index contributed by atoms with van der Waals surface area (Å²) >= 11 is 0. The molecular weight excluding hydrogens is 351 g/mol. The summed E-state index contributed by atoms with van der Waals surface area (Å²) in [5.74, 6) is -0.952. The zero-order valence-corrected chi connectivity index (χ0v) is 15.5. The molecule has 1 rings (SSSR count). The standard InChI is InChI=1S/C18H24F3NO4/c1-16(2,3)26-14(23)11-22(17(4,5)18(19,20)21)15(24)25-12-13-9-7-6-8-10-13/h6-10H,11-12H2,1-5H3. The molecule has 0 saturated carbocycles. The van der Waals surface area contributed by atoms with E-state index in [9.17, 15) is 22.8 Å². The average Bonchev–Trinajstić information content (AvgIpc) is 2.48. The van der Waals surface area contributed by atoms with Crippen molar-refractivity contribution in [2.24, 2.45) is 0 Å². The largest absolute Gasteiger partial charge is 0.459 e. The lowest BCUT2D eigenvalue weighted by molar-refractivity contribution is -0.216. The van der Waals surface area contributed by atoms with E-state index < -0.39 is 35.9 Å². The van der Waals surface area contributed by atoms with Crippen molar-refractivity contribution >= 4 is 12.1 Å². The zero-order valence-electron chi connectivity index (χ0n) is 15.5. The van der Waals surface area contributed by atoms with E-state index in [1.54, 1.807) is 51.1 Å². The Balaban J connectivity index is 2.96. The van der Waals surface area contributed by atoms with E-state index in [1.807, 2.05) is 0 Å². The fourth-order valence-electron chi connectivity index (χ4n) is 1.94. The number of alkyl halides is 3. The van der Waals surface area contributed by atoms with Crippen LogP contribution in [0.4, 0.5) is 18.0 Å². The number of halogens is 3. The van der Waals surface area contributed by atoms with Crippen LogP contribution in [0.2, 0.25) is 0 Å². The Kier molecular flexibility index (Phi) is 6.68. The first-order valence-electron chi connectivity index (χ1n) is 8.01. The minimum atomic E-state index is -4.76. The highest BCUT2D eigenvalue weighted by Crippen LogP contribution is 2.35. The molecule has 5 nitrogen and oxygen atoms in total. The summed E-state index contributed by atoms with van der Waals surface area (Å²) in [5, 5.41) is 0. The first-order valence-corrected chi connectivity index (χ1v) is 8.01. The highest BCUT2D eigenvalue weighted by Gasteiger charge is 2.54. The number of hydrogen-bond acceptors (Lipinski definition) is 4. The van der Waals surface area contributed by atoms with Crippen LogP contribution in [-0.4, -0.2) is 40.8 Å². The molecule has 0 bridgehead atoms. The lowest BCUT2D eigenvalue weighted by Crippen LogP contribution is -2.58. The lowest BCUT2D eigenvalue weighted by atomic mass is 10.0. The molecule has 0 fully saturated rings. The molecule has 0 N–H and O–H groups in total. The van der Waals surface area contributed by atoms with Crippen molar-refractivity contribution in [2.45, 2.75) is 58.5 Å². The Labute approximate surface area is 151 Å². The summed E-state index contributed by atoms with van der Waals surface area (Å²) < 4.78 is 50.2. The van der Waals surface area contributed by atoms with Crippen LogP contribution in [0.1, 0.15) is 40.2 Å². The normalized spacial score (nSPS) is 12.5. The van der Waals surface area contributed by atoms with Gasteiger partial charge in [-0.05, 0) is 40.2 Å². The van der Waals surface area contributed by atoms with Crippen LogP contribution >= 0.6 is 0 Å². The maximum atomic E-state index is 13.4. The second-order valence-electron chi connectivity index (χ2n) is 7.27. The number of ether oxygens (including phenoxy) is 2. The van der Waals surface area contributed by atoms with Crippen LogP contribution < -0.4 is 0 Å². The topological polar surface area (TPSA) is 55.8 Å². The first kappa shape index (κ1) is 21.8. The summed E-state index contributed by atoms with van der Waals surface area (Å²) in [4.78, 5) is 24.6. The molecule has 0 aliphatic heterocycles. The van der Waals surface area contributed by atoms with Crippen LogP contribution in [0.25, 0.3) is 0 Å². The number of nitrogens with zero attached hydrogens (tertiary/aromatic N) is 1. The molecule has 0 radical (unpaired) electrons. The molecular formula is C18H24F3NO4. The fourth-order valence-corrected chi connectivity index (χ4v) is 1.94. The van der Waals surface area contributed by atoms with E-state index in [0.717, 1.165) is 13.8 Å². The van der Waals surface area contributed by atoms with Crippen LogP contribution in [0.15, 0.2) is 30.3 Å². The Bertz CT molecular complexity index is 622. The zero-order chi connectivity index (χ0) is 20.2. The maximum Gasteiger partial charge on any atom is 0.411 e. The van der Waals surface area contributed by atoms with Gasteiger partial charge in [0, 0.05) is 0 Å². The van der Waals surface area contributed by atoms with Gasteiger partial charge in [0.05, 0.1) is 0 Å². The number of hydrogen-bond donors (Lipinski definition) is 0. The van der Waals surface area contributed by atoms with Crippen molar-refractivity contribution in [2.75, 3.05) is 6.54 Å². The summed E-state index contributed by atoms with van der Waals surface area (Å²) in [6, 6.07) is 8.51. The van der Waals surface area contributed by atoms with Gasteiger partial charge in [-0.1, -0.05) is 30.3 Å². The molecule has 0 heterocycles. The summed E-state index contributed by atoms with van der Waals surface area (Å²) in [6.07, 6.45) is -6.01. The number of amides is 1. The third kappa shape index (κ3) is 6.24. The highest BCUT2D eigenvalue weighted by molar-refractivity contribution is 5.79. The number of rotatable bonds is 5. The van der Waals surface area contributed by atoms with Gasteiger partial charge in [-0.2, -0.15) is 13.2 Å². The van der Waals surface area contributed by atoms with Gasteiger partial charge in [-0.15, -0.1) is 0 Å². The smallest absolute Gasteiger partial charge is 0.411 e. The summed E-state index contributed by atoms with van der Waals surface area (Å²) in [6.45, 7) is 5.27. The third-order valence-electron chi connectivity index (χ3n) is 3.50. The van der Waals surface area contributed by atoms with Crippen LogP contribution in [0.3, 0.4) is 0 Å². The molecule has 0 aliphatic carbocycles. The van der Waals surface area contributed by atoms with Gasteiger partial charge in [0.1, 0.15) is 24.3 Å². The average molecular weight is 375 g/mol. The molecule has 26 heavy (non-hydrogen) atoms. The SMILES string of the molecule is CC(C)(C)OC(=O)CN(C(=O)OCc1ccccc1)C(C)(C)C(F)(F)F. The second kappa shape index (κ2) is 7.97. The molecule has 0 spiro atoms. The molecule has 8 heteroatoms. The van der Waals surface area contributed by atoms with E-state index in [4.69, 9.17) is 9.47 Å². The molecule has 0 unspecified atom stereocenters. The number of carbonyl (C=O) groups excluding carboxylic acids is 2. The minimum Gasteiger partial charge on any atom is -0.459 e. The van der Waals surface area contributed by atoms with Crippen molar-refractivity contribution in [1.29, 1.82) is 0 Å². The van der Waals surface area contributed by atoms with Gasteiger partial charge < -0.3 is 9.47 Å². The highest BCUT2D eigenvalue weighted by atomic mass is 19.4. The van der Waals surface area contributed by atoms with Crippen LogP contribution in [0.5, 0.6) is 0 Å². The molecule has 1 aromatic carbocycles. The quantitative estimate of drug-likeness (QED) is 0.720. The molecule has 0 atom stereocenters. The van der Waals surface area contributed by atoms with Gasteiger partial charge >= 0.3 is 18.2 Å². The molecule has 1 amide bonds. The van der Waals surface area contributed by atoms with Crippen molar-refractivity contribution in [3.8, 4) is 0 Å². The van der Waals surface area contributed by atoms with Gasteiger partial charge in [-0.25, -0.2) is 4.79 Å². The third-order valence-corrected chi connectivity index (χ3v) is 3.50. The molecule has 0 aliphatic rings. The maximum absolute atomic E-state index is 13.4. The van der Waals surface area contributed by atoms with Crippen molar-refractivity contribution < 1.29 is 32.2 Å². The van der Waals surface area contributed by atoms with Gasteiger partial charge in [0.2, 0.25) is 0 Å². The Hall–Kier alpha value is -2.25. The predicted molar refractivity (Wildman–Crippen MR) is 89.3 cm³/mol. The monoisotopic (exact) mass is 375 g/mol. The van der Waals surface area contributed by atoms with Gasteiger partial charge in [0.15, 0.2) is 0 Å².